The summed E-state index contributed by atoms with van der Waals surface area (Å²) in [7, 11) is 0. The van der Waals surface area contributed by atoms with Gasteiger partial charge < -0.3 is 15.0 Å². The molecule has 4 rings (SSSR count). The van der Waals surface area contributed by atoms with Gasteiger partial charge in [-0.15, -0.1) is 0 Å². The van der Waals surface area contributed by atoms with Crippen LogP contribution < -0.4 is 10.1 Å². The summed E-state index contributed by atoms with van der Waals surface area (Å²) < 4.78 is 7.31. The molecule has 4 aromatic rings. The molecule has 0 spiro atoms. The number of nitrogens with one attached hydrogen (secondary N) is 1. The van der Waals surface area contributed by atoms with Crippen molar-refractivity contribution >= 4 is 29.2 Å². The number of carbonyl (C=O) groups is 2. The smallest absolute Gasteiger partial charge is 0.260 e. The lowest BCUT2D eigenvalue weighted by atomic mass is 10.1. The monoisotopic (exact) mass is 516 g/mol. The van der Waals surface area contributed by atoms with Crippen molar-refractivity contribution in [1.82, 2.24) is 14.7 Å². The van der Waals surface area contributed by atoms with Crippen LogP contribution >= 0.6 is 11.6 Å². The minimum atomic E-state index is -0.312. The van der Waals surface area contributed by atoms with Crippen molar-refractivity contribution in [3.05, 3.63) is 96.0 Å². The summed E-state index contributed by atoms with van der Waals surface area (Å²) >= 11 is 5.91. The van der Waals surface area contributed by atoms with E-state index in [2.05, 4.69) is 5.32 Å². The van der Waals surface area contributed by atoms with Crippen molar-refractivity contribution in [2.75, 3.05) is 25.0 Å². The van der Waals surface area contributed by atoms with Gasteiger partial charge >= 0.3 is 0 Å². The maximum atomic E-state index is 13.1. The normalized spacial score (nSPS) is 10.6. The molecular formula is C29H29ClN4O3. The first-order valence-electron chi connectivity index (χ1n) is 12.2. The van der Waals surface area contributed by atoms with Gasteiger partial charge in [0.25, 0.3) is 5.91 Å². The molecule has 0 bridgehead atoms. The topological polar surface area (TPSA) is 76.5 Å². The van der Waals surface area contributed by atoms with Gasteiger partial charge in [0.2, 0.25) is 5.91 Å². The number of rotatable bonds is 11. The van der Waals surface area contributed by atoms with Crippen LogP contribution in [0.2, 0.25) is 5.02 Å². The molecule has 37 heavy (non-hydrogen) atoms. The zero-order valence-electron chi connectivity index (χ0n) is 20.6. The standard InChI is InChI=1S/C29H29ClN4O3/c1-2-3-18-33(29(36)21-37-25-16-14-23(30)15-17-25)20-28(35)31-27-19-26(22-10-6-4-7-11-22)32-34(27)24-12-8-5-9-13-24/h4-17,19H,2-3,18,20-21H2,1H3,(H,31,35). The lowest BCUT2D eigenvalue weighted by Crippen LogP contribution is -2.41. The molecule has 0 radical (unpaired) electrons. The predicted molar refractivity (Wildman–Crippen MR) is 146 cm³/mol. The molecule has 0 atom stereocenters. The van der Waals surface area contributed by atoms with Crippen molar-refractivity contribution in [2.45, 2.75) is 19.8 Å². The molecule has 1 aromatic heterocycles. The van der Waals surface area contributed by atoms with Gasteiger partial charge in [-0.05, 0) is 42.8 Å². The number of anilines is 1. The fourth-order valence-electron chi connectivity index (χ4n) is 3.75. The van der Waals surface area contributed by atoms with Crippen molar-refractivity contribution in [3.8, 4) is 22.7 Å². The molecule has 0 saturated carbocycles. The second-order valence-corrected chi connectivity index (χ2v) is 8.92. The van der Waals surface area contributed by atoms with Gasteiger partial charge in [0.15, 0.2) is 6.61 Å². The van der Waals surface area contributed by atoms with Gasteiger partial charge in [-0.1, -0.05) is 73.5 Å². The largest absolute Gasteiger partial charge is 0.484 e. The first-order chi connectivity index (χ1) is 18.0. The molecule has 1 heterocycles. The fraction of sp³-hybridized carbons (Fsp3) is 0.207. The summed E-state index contributed by atoms with van der Waals surface area (Å²) in [6, 6.07) is 28.0. The van der Waals surface area contributed by atoms with E-state index in [-0.39, 0.29) is 25.0 Å². The Morgan fingerprint density at radius 3 is 2.32 bits per heavy atom. The van der Waals surface area contributed by atoms with Crippen molar-refractivity contribution in [3.63, 3.8) is 0 Å². The van der Waals surface area contributed by atoms with Crippen molar-refractivity contribution in [1.29, 1.82) is 0 Å². The van der Waals surface area contributed by atoms with E-state index >= 15 is 0 Å². The number of nitrogens with zero attached hydrogens (tertiary/aromatic N) is 3. The Balaban J connectivity index is 1.49. The molecule has 1 N–H and O–H groups in total. The SMILES string of the molecule is CCCCN(CC(=O)Nc1cc(-c2ccccc2)nn1-c1ccccc1)C(=O)COc1ccc(Cl)cc1. The molecule has 2 amide bonds. The van der Waals surface area contributed by atoms with Crippen LogP contribution in [0.5, 0.6) is 5.75 Å². The lowest BCUT2D eigenvalue weighted by molar-refractivity contribution is -0.136. The Hall–Kier alpha value is -4.10. The third-order valence-corrected chi connectivity index (χ3v) is 5.94. The number of halogens is 1. The van der Waals surface area contributed by atoms with E-state index in [1.165, 1.54) is 4.90 Å². The number of carbonyl (C=O) groups excluding carboxylic acids is 2. The quantitative estimate of drug-likeness (QED) is 0.272. The van der Waals surface area contributed by atoms with Gasteiger partial charge in [-0.2, -0.15) is 5.10 Å². The summed E-state index contributed by atoms with van der Waals surface area (Å²) in [6.45, 7) is 2.23. The number of ether oxygens (including phenoxy) is 1. The number of para-hydroxylation sites is 1. The second-order valence-electron chi connectivity index (χ2n) is 8.49. The van der Waals surface area contributed by atoms with Gasteiger partial charge in [-0.25, -0.2) is 4.68 Å². The molecule has 8 heteroatoms. The number of aromatic nitrogens is 2. The summed E-state index contributed by atoms with van der Waals surface area (Å²) in [5.41, 5.74) is 2.48. The maximum Gasteiger partial charge on any atom is 0.260 e. The molecule has 3 aromatic carbocycles. The van der Waals surface area contributed by atoms with E-state index in [1.807, 2.05) is 73.7 Å². The molecule has 0 unspecified atom stereocenters. The van der Waals surface area contributed by atoms with E-state index in [4.69, 9.17) is 21.4 Å². The summed E-state index contributed by atoms with van der Waals surface area (Å²) in [4.78, 5) is 27.6. The van der Waals surface area contributed by atoms with Crippen LogP contribution in [0, 0.1) is 0 Å². The molecular weight excluding hydrogens is 488 g/mol. The highest BCUT2D eigenvalue weighted by atomic mass is 35.5. The van der Waals surface area contributed by atoms with Gasteiger partial charge in [0.1, 0.15) is 18.1 Å². The Labute approximate surface area is 221 Å². The van der Waals surface area contributed by atoms with E-state index in [0.29, 0.717) is 23.1 Å². The summed E-state index contributed by atoms with van der Waals surface area (Å²) in [5, 5.41) is 8.27. The Bertz CT molecular complexity index is 1310. The van der Waals surface area contributed by atoms with E-state index in [1.54, 1.807) is 28.9 Å². The average molecular weight is 517 g/mol. The molecule has 0 fully saturated rings. The van der Waals surface area contributed by atoms with Crippen LogP contribution in [0.1, 0.15) is 19.8 Å². The number of amides is 2. The van der Waals surface area contributed by atoms with Crippen LogP contribution in [0.15, 0.2) is 91.0 Å². The predicted octanol–water partition coefficient (Wildman–Crippen LogP) is 5.84. The zero-order chi connectivity index (χ0) is 26.0. The maximum absolute atomic E-state index is 13.1. The minimum absolute atomic E-state index is 0.0938. The molecule has 0 aliphatic carbocycles. The van der Waals surface area contributed by atoms with Crippen LogP contribution in [0.3, 0.4) is 0 Å². The van der Waals surface area contributed by atoms with Gasteiger partial charge in [0.05, 0.1) is 11.4 Å². The first-order valence-corrected chi connectivity index (χ1v) is 12.6. The highest BCUT2D eigenvalue weighted by Gasteiger charge is 2.20. The first kappa shape index (κ1) is 26.0. The molecule has 190 valence electrons. The van der Waals surface area contributed by atoms with E-state index < -0.39 is 0 Å². The number of unbranched alkanes of at least 4 members (excludes halogenated alkanes) is 1. The Kier molecular flexibility index (Phi) is 8.94. The van der Waals surface area contributed by atoms with E-state index in [0.717, 1.165) is 29.8 Å². The Morgan fingerprint density at radius 2 is 1.65 bits per heavy atom. The summed E-state index contributed by atoms with van der Waals surface area (Å²) in [6.07, 6.45) is 1.67. The number of hydrogen-bond donors (Lipinski definition) is 1. The van der Waals surface area contributed by atoms with Gasteiger partial charge in [-0.3, -0.25) is 9.59 Å². The molecule has 0 saturated heterocycles. The van der Waals surface area contributed by atoms with Crippen LogP contribution in [0.25, 0.3) is 16.9 Å². The molecule has 7 nitrogen and oxygen atoms in total. The van der Waals surface area contributed by atoms with Crippen LogP contribution in [-0.4, -0.2) is 46.2 Å². The van der Waals surface area contributed by atoms with Crippen LogP contribution in [-0.2, 0) is 9.59 Å². The number of benzene rings is 3. The highest BCUT2D eigenvalue weighted by molar-refractivity contribution is 6.30. The lowest BCUT2D eigenvalue weighted by Gasteiger charge is -2.22. The number of hydrogen-bond acceptors (Lipinski definition) is 4. The van der Waals surface area contributed by atoms with Gasteiger partial charge in [0, 0.05) is 23.2 Å². The Morgan fingerprint density at radius 1 is 0.973 bits per heavy atom. The van der Waals surface area contributed by atoms with Crippen molar-refractivity contribution < 1.29 is 14.3 Å². The fourth-order valence-corrected chi connectivity index (χ4v) is 3.88. The van der Waals surface area contributed by atoms with Crippen molar-refractivity contribution in [2.24, 2.45) is 0 Å². The van der Waals surface area contributed by atoms with E-state index in [9.17, 15) is 9.59 Å². The average Bonchev–Trinajstić information content (AvgIpc) is 3.35. The highest BCUT2D eigenvalue weighted by Crippen LogP contribution is 2.25. The third-order valence-electron chi connectivity index (χ3n) is 5.69. The molecule has 0 aliphatic heterocycles. The minimum Gasteiger partial charge on any atom is -0.484 e. The zero-order valence-corrected chi connectivity index (χ0v) is 21.4. The van der Waals surface area contributed by atoms with Crippen LogP contribution in [0.4, 0.5) is 5.82 Å². The third kappa shape index (κ3) is 7.21. The summed E-state index contributed by atoms with van der Waals surface area (Å²) in [5.74, 6) is 0.487. The molecule has 0 aliphatic rings. The second kappa shape index (κ2) is 12.7.